The number of carbonyl (C=O) groups excluding carboxylic acids is 1. The Morgan fingerprint density at radius 2 is 2.12 bits per heavy atom. The minimum atomic E-state index is -0.136. The van der Waals surface area contributed by atoms with E-state index in [2.05, 4.69) is 15.3 Å². The summed E-state index contributed by atoms with van der Waals surface area (Å²) in [7, 11) is 1.64. The number of nitrogens with one attached hydrogen (secondary N) is 1. The number of aromatic nitrogens is 3. The maximum Gasteiger partial charge on any atom is 0.226 e. The number of imidazole rings is 1. The molecular formula is C18H16N4O2. The van der Waals surface area contributed by atoms with Gasteiger partial charge in [-0.3, -0.25) is 14.3 Å². The minimum Gasteiger partial charge on any atom is -0.496 e. The molecule has 2 aromatic heterocycles. The van der Waals surface area contributed by atoms with Crippen LogP contribution in [0.5, 0.6) is 5.75 Å². The van der Waals surface area contributed by atoms with Crippen LogP contribution < -0.4 is 10.1 Å². The molecule has 1 aliphatic rings. The fraction of sp³-hybridized carbons (Fsp3) is 0.167. The molecule has 0 bridgehead atoms. The predicted molar refractivity (Wildman–Crippen MR) is 89.4 cm³/mol. The Labute approximate surface area is 139 Å². The second-order valence-electron chi connectivity index (χ2n) is 5.61. The summed E-state index contributed by atoms with van der Waals surface area (Å²) in [6, 6.07) is 11.5. The molecule has 0 saturated heterocycles. The van der Waals surface area contributed by atoms with Crippen molar-refractivity contribution in [2.45, 2.75) is 12.3 Å². The van der Waals surface area contributed by atoms with E-state index in [9.17, 15) is 4.79 Å². The average molecular weight is 320 g/mol. The Balaban J connectivity index is 1.84. The number of rotatable bonds is 3. The molecule has 24 heavy (non-hydrogen) atoms. The van der Waals surface area contributed by atoms with Gasteiger partial charge in [0, 0.05) is 24.1 Å². The number of nitrogens with zero attached hydrogens (tertiary/aromatic N) is 3. The molecule has 1 atom stereocenters. The third-order valence-corrected chi connectivity index (χ3v) is 4.21. The first-order valence-electron chi connectivity index (χ1n) is 7.68. The fourth-order valence-corrected chi connectivity index (χ4v) is 3.11. The van der Waals surface area contributed by atoms with Gasteiger partial charge in [-0.1, -0.05) is 18.2 Å². The lowest BCUT2D eigenvalue weighted by molar-refractivity contribution is -0.116. The summed E-state index contributed by atoms with van der Waals surface area (Å²) in [6.45, 7) is 0. The van der Waals surface area contributed by atoms with Gasteiger partial charge >= 0.3 is 0 Å². The first-order valence-corrected chi connectivity index (χ1v) is 7.68. The van der Waals surface area contributed by atoms with Crippen LogP contribution in [0.15, 0.2) is 55.1 Å². The second-order valence-corrected chi connectivity index (χ2v) is 5.61. The van der Waals surface area contributed by atoms with E-state index in [-0.39, 0.29) is 11.8 Å². The number of anilines is 1. The van der Waals surface area contributed by atoms with Gasteiger partial charge in [-0.2, -0.15) is 0 Å². The maximum atomic E-state index is 12.3. The zero-order chi connectivity index (χ0) is 16.5. The molecule has 6 heteroatoms. The van der Waals surface area contributed by atoms with Crippen molar-refractivity contribution < 1.29 is 9.53 Å². The zero-order valence-electron chi connectivity index (χ0n) is 13.1. The summed E-state index contributed by atoms with van der Waals surface area (Å²) in [5.41, 5.74) is 2.66. The molecule has 6 nitrogen and oxygen atoms in total. The Bertz CT molecular complexity index is 889. The van der Waals surface area contributed by atoms with Gasteiger partial charge in [0.25, 0.3) is 0 Å². The number of benzene rings is 1. The highest BCUT2D eigenvalue weighted by Gasteiger charge is 2.32. The second kappa shape index (κ2) is 5.81. The molecule has 4 rings (SSSR count). The molecule has 1 N–H and O–H groups in total. The van der Waals surface area contributed by atoms with Gasteiger partial charge in [-0.15, -0.1) is 0 Å². The highest BCUT2D eigenvalue weighted by Crippen LogP contribution is 2.40. The molecular weight excluding hydrogens is 304 g/mol. The first kappa shape index (κ1) is 14.4. The van der Waals surface area contributed by atoms with Crippen molar-refractivity contribution in [3.8, 4) is 11.4 Å². The number of hydrogen-bond acceptors (Lipinski definition) is 4. The van der Waals surface area contributed by atoms with Crippen molar-refractivity contribution in [2.75, 3.05) is 12.4 Å². The molecule has 1 unspecified atom stereocenters. The van der Waals surface area contributed by atoms with E-state index in [0.29, 0.717) is 12.2 Å². The maximum absolute atomic E-state index is 12.3. The lowest BCUT2D eigenvalue weighted by atomic mass is 9.89. The lowest BCUT2D eigenvalue weighted by Crippen LogP contribution is -2.25. The summed E-state index contributed by atoms with van der Waals surface area (Å²) >= 11 is 0. The minimum absolute atomic E-state index is 0.0379. The SMILES string of the molecule is COc1ccccc1C1CC(=O)Nc2c1ncn2-c1cccnc1. The van der Waals surface area contributed by atoms with E-state index in [1.165, 1.54) is 0 Å². The number of pyridine rings is 1. The number of methoxy groups -OCH3 is 1. The van der Waals surface area contributed by atoms with E-state index in [1.54, 1.807) is 25.8 Å². The van der Waals surface area contributed by atoms with Crippen molar-refractivity contribution in [3.05, 3.63) is 66.4 Å². The molecule has 3 heterocycles. The molecule has 3 aromatic rings. The molecule has 1 aliphatic heterocycles. The molecule has 120 valence electrons. The van der Waals surface area contributed by atoms with Crippen LogP contribution in [0.25, 0.3) is 5.69 Å². The van der Waals surface area contributed by atoms with Gasteiger partial charge in [0.1, 0.15) is 17.9 Å². The predicted octanol–water partition coefficient (Wildman–Crippen LogP) is 2.75. The summed E-state index contributed by atoms with van der Waals surface area (Å²) in [5.74, 6) is 1.28. The van der Waals surface area contributed by atoms with Crippen LogP contribution >= 0.6 is 0 Å². The summed E-state index contributed by atoms with van der Waals surface area (Å²) < 4.78 is 7.31. The van der Waals surface area contributed by atoms with Crippen LogP contribution in [0.3, 0.4) is 0 Å². The van der Waals surface area contributed by atoms with Gasteiger partial charge in [-0.25, -0.2) is 4.98 Å². The molecule has 0 spiro atoms. The Kier molecular flexibility index (Phi) is 3.49. The van der Waals surface area contributed by atoms with Crippen molar-refractivity contribution in [1.82, 2.24) is 14.5 Å². The smallest absolute Gasteiger partial charge is 0.226 e. The van der Waals surface area contributed by atoms with E-state index in [1.807, 2.05) is 41.0 Å². The number of ether oxygens (including phenoxy) is 1. The average Bonchev–Trinajstić information content (AvgIpc) is 3.05. The van der Waals surface area contributed by atoms with Crippen molar-refractivity contribution in [2.24, 2.45) is 0 Å². The van der Waals surface area contributed by atoms with E-state index in [4.69, 9.17) is 4.74 Å². The quantitative estimate of drug-likeness (QED) is 0.805. The molecule has 1 aromatic carbocycles. The highest BCUT2D eigenvalue weighted by molar-refractivity contribution is 5.94. The van der Waals surface area contributed by atoms with Crippen LogP contribution in [0.2, 0.25) is 0 Å². The third-order valence-electron chi connectivity index (χ3n) is 4.21. The van der Waals surface area contributed by atoms with E-state index >= 15 is 0 Å². The molecule has 0 aliphatic carbocycles. The number of amides is 1. The number of para-hydroxylation sites is 1. The van der Waals surface area contributed by atoms with Gasteiger partial charge < -0.3 is 10.1 Å². The Morgan fingerprint density at radius 3 is 2.92 bits per heavy atom. The standard InChI is InChI=1S/C18H16N4O2/c1-24-15-7-3-2-6-13(15)14-9-16(23)21-18-17(14)20-11-22(18)12-5-4-8-19-10-12/h2-8,10-11,14H,9H2,1H3,(H,21,23). The summed E-state index contributed by atoms with van der Waals surface area (Å²) in [4.78, 5) is 21.0. The molecule has 0 fully saturated rings. The number of fused-ring (bicyclic) bond motifs is 1. The topological polar surface area (TPSA) is 69.0 Å². The third kappa shape index (κ3) is 2.32. The van der Waals surface area contributed by atoms with Crippen LogP contribution in [0.1, 0.15) is 23.6 Å². The van der Waals surface area contributed by atoms with Crippen molar-refractivity contribution >= 4 is 11.7 Å². The van der Waals surface area contributed by atoms with Crippen LogP contribution in [0, 0.1) is 0 Å². The molecule has 0 saturated carbocycles. The van der Waals surface area contributed by atoms with Gasteiger partial charge in [0.05, 0.1) is 24.7 Å². The van der Waals surface area contributed by atoms with Crippen LogP contribution in [-0.4, -0.2) is 27.6 Å². The van der Waals surface area contributed by atoms with Gasteiger partial charge in [0.15, 0.2) is 0 Å². The summed E-state index contributed by atoms with van der Waals surface area (Å²) in [5, 5.41) is 2.94. The van der Waals surface area contributed by atoms with Crippen molar-refractivity contribution in [1.29, 1.82) is 0 Å². The van der Waals surface area contributed by atoms with E-state index < -0.39 is 0 Å². The Morgan fingerprint density at radius 1 is 1.25 bits per heavy atom. The van der Waals surface area contributed by atoms with Crippen LogP contribution in [-0.2, 0) is 4.79 Å². The summed E-state index contributed by atoms with van der Waals surface area (Å²) in [6.07, 6.45) is 5.51. The first-order chi connectivity index (χ1) is 11.8. The Hall–Kier alpha value is -3.15. The normalized spacial score (nSPS) is 16.4. The molecule has 0 radical (unpaired) electrons. The van der Waals surface area contributed by atoms with Crippen molar-refractivity contribution in [3.63, 3.8) is 0 Å². The zero-order valence-corrected chi connectivity index (χ0v) is 13.1. The monoisotopic (exact) mass is 320 g/mol. The molecule has 1 amide bonds. The number of carbonyl (C=O) groups is 1. The van der Waals surface area contributed by atoms with E-state index in [0.717, 1.165) is 22.7 Å². The lowest BCUT2D eigenvalue weighted by Gasteiger charge is -2.24. The fourth-order valence-electron chi connectivity index (χ4n) is 3.11. The van der Waals surface area contributed by atoms with Gasteiger partial charge in [0.2, 0.25) is 5.91 Å². The van der Waals surface area contributed by atoms with Gasteiger partial charge in [-0.05, 0) is 18.2 Å². The largest absolute Gasteiger partial charge is 0.496 e. The highest BCUT2D eigenvalue weighted by atomic mass is 16.5. The van der Waals surface area contributed by atoms with Crippen LogP contribution in [0.4, 0.5) is 5.82 Å². The number of hydrogen-bond donors (Lipinski definition) is 1.